The smallest absolute Gasteiger partial charge is 0.325 e. The summed E-state index contributed by atoms with van der Waals surface area (Å²) in [4.78, 5) is 37.7. The van der Waals surface area contributed by atoms with Gasteiger partial charge in [0.1, 0.15) is 12.1 Å². The normalized spacial score (nSPS) is 21.2. The van der Waals surface area contributed by atoms with Crippen molar-refractivity contribution in [2.75, 3.05) is 6.54 Å². The summed E-state index contributed by atoms with van der Waals surface area (Å²) in [5.74, 6) is -0.867. The van der Waals surface area contributed by atoms with Gasteiger partial charge in [-0.15, -0.1) is 0 Å². The molecule has 2 N–H and O–H groups in total. The Morgan fingerprint density at radius 2 is 2.00 bits per heavy atom. The van der Waals surface area contributed by atoms with Crippen LogP contribution in [-0.2, 0) is 15.1 Å². The van der Waals surface area contributed by atoms with Gasteiger partial charge in [-0.3, -0.25) is 14.5 Å². The minimum absolute atomic E-state index is 0.0248. The SMILES string of the molecule is CCC(C)NC(=O)CN1C(=O)NC(C)(c2ccc(C#N)cc2)C1=O. The molecule has 0 radical (unpaired) electrons. The Bertz CT molecular complexity index is 708. The molecule has 7 nitrogen and oxygen atoms in total. The molecule has 1 aromatic carbocycles. The van der Waals surface area contributed by atoms with Gasteiger partial charge in [0, 0.05) is 6.04 Å². The van der Waals surface area contributed by atoms with Crippen LogP contribution in [0.3, 0.4) is 0 Å². The number of carbonyl (C=O) groups is 3. The highest BCUT2D eigenvalue weighted by molar-refractivity contribution is 6.09. The fourth-order valence-corrected chi connectivity index (χ4v) is 2.48. The van der Waals surface area contributed by atoms with Crippen molar-refractivity contribution in [3.8, 4) is 6.07 Å². The number of nitrogens with one attached hydrogen (secondary N) is 2. The second-order valence-corrected chi connectivity index (χ2v) is 6.01. The number of hydrogen-bond acceptors (Lipinski definition) is 4. The summed E-state index contributed by atoms with van der Waals surface area (Å²) in [6, 6.07) is 7.78. The van der Waals surface area contributed by atoms with E-state index in [0.29, 0.717) is 11.1 Å². The summed E-state index contributed by atoms with van der Waals surface area (Å²) in [5, 5.41) is 14.2. The summed E-state index contributed by atoms with van der Waals surface area (Å²) < 4.78 is 0. The maximum Gasteiger partial charge on any atom is 0.325 e. The van der Waals surface area contributed by atoms with Gasteiger partial charge in [-0.1, -0.05) is 19.1 Å². The lowest BCUT2D eigenvalue weighted by molar-refractivity contribution is -0.135. The fourth-order valence-electron chi connectivity index (χ4n) is 2.48. The van der Waals surface area contributed by atoms with Crippen molar-refractivity contribution in [3.63, 3.8) is 0 Å². The highest BCUT2D eigenvalue weighted by Gasteiger charge is 2.49. The van der Waals surface area contributed by atoms with E-state index in [1.807, 2.05) is 19.9 Å². The number of nitriles is 1. The van der Waals surface area contributed by atoms with Gasteiger partial charge in [-0.25, -0.2) is 4.79 Å². The minimum Gasteiger partial charge on any atom is -0.352 e. The van der Waals surface area contributed by atoms with Crippen LogP contribution in [0.25, 0.3) is 0 Å². The Labute approximate surface area is 140 Å². The molecule has 1 saturated heterocycles. The van der Waals surface area contributed by atoms with Gasteiger partial charge in [0.2, 0.25) is 5.91 Å². The molecule has 24 heavy (non-hydrogen) atoms. The lowest BCUT2D eigenvalue weighted by atomic mass is 9.91. The molecule has 126 valence electrons. The maximum atomic E-state index is 12.7. The third-order valence-corrected chi connectivity index (χ3v) is 4.19. The summed E-state index contributed by atoms with van der Waals surface area (Å²) in [6.07, 6.45) is 0.759. The topological polar surface area (TPSA) is 102 Å². The van der Waals surface area contributed by atoms with Crippen LogP contribution < -0.4 is 10.6 Å². The van der Waals surface area contributed by atoms with Gasteiger partial charge in [0.05, 0.1) is 11.6 Å². The Morgan fingerprint density at radius 1 is 1.38 bits per heavy atom. The third kappa shape index (κ3) is 3.23. The fraction of sp³-hybridized carbons (Fsp3) is 0.412. The molecule has 0 bridgehead atoms. The van der Waals surface area contributed by atoms with E-state index in [0.717, 1.165) is 11.3 Å². The molecule has 1 aromatic rings. The molecule has 0 aromatic heterocycles. The number of hydrogen-bond donors (Lipinski definition) is 2. The number of nitrogens with zero attached hydrogens (tertiary/aromatic N) is 2. The van der Waals surface area contributed by atoms with Crippen LogP contribution in [0.1, 0.15) is 38.3 Å². The lowest BCUT2D eigenvalue weighted by Gasteiger charge is -2.22. The zero-order valence-electron chi connectivity index (χ0n) is 13.9. The Kier molecular flexibility index (Phi) is 4.88. The first-order valence-corrected chi connectivity index (χ1v) is 7.76. The van der Waals surface area contributed by atoms with E-state index in [1.54, 1.807) is 31.2 Å². The predicted octanol–water partition coefficient (Wildman–Crippen LogP) is 1.24. The van der Waals surface area contributed by atoms with Crippen molar-refractivity contribution >= 4 is 17.8 Å². The van der Waals surface area contributed by atoms with Gasteiger partial charge in [0.15, 0.2) is 0 Å². The molecule has 2 atom stereocenters. The minimum atomic E-state index is -1.25. The van der Waals surface area contributed by atoms with E-state index in [4.69, 9.17) is 5.26 Å². The number of rotatable bonds is 5. The molecular weight excluding hydrogens is 308 g/mol. The average Bonchev–Trinajstić information content (AvgIpc) is 2.79. The van der Waals surface area contributed by atoms with E-state index in [-0.39, 0.29) is 18.5 Å². The predicted molar refractivity (Wildman–Crippen MR) is 86.6 cm³/mol. The monoisotopic (exact) mass is 328 g/mol. The molecule has 7 heteroatoms. The molecule has 1 aliphatic heterocycles. The highest BCUT2D eigenvalue weighted by atomic mass is 16.2. The molecule has 1 aliphatic rings. The van der Waals surface area contributed by atoms with Crippen LogP contribution in [0.15, 0.2) is 24.3 Å². The number of benzene rings is 1. The molecular formula is C17H20N4O3. The molecule has 0 aliphatic carbocycles. The summed E-state index contributed by atoms with van der Waals surface area (Å²) in [6.45, 7) is 5.05. The second-order valence-electron chi connectivity index (χ2n) is 6.01. The van der Waals surface area contributed by atoms with Crippen LogP contribution in [0, 0.1) is 11.3 Å². The quantitative estimate of drug-likeness (QED) is 0.794. The first kappa shape index (κ1) is 17.5. The Morgan fingerprint density at radius 3 is 2.54 bits per heavy atom. The number of imide groups is 1. The van der Waals surface area contributed by atoms with Crippen molar-refractivity contribution in [2.45, 2.75) is 38.8 Å². The van der Waals surface area contributed by atoms with Crippen molar-refractivity contribution in [3.05, 3.63) is 35.4 Å². The van der Waals surface area contributed by atoms with E-state index in [2.05, 4.69) is 10.6 Å². The van der Waals surface area contributed by atoms with Crippen molar-refractivity contribution < 1.29 is 14.4 Å². The lowest BCUT2D eigenvalue weighted by Crippen LogP contribution is -2.44. The van der Waals surface area contributed by atoms with Crippen LogP contribution in [0.5, 0.6) is 0 Å². The van der Waals surface area contributed by atoms with Crippen LogP contribution >= 0.6 is 0 Å². The molecule has 2 unspecified atom stereocenters. The molecule has 4 amide bonds. The largest absolute Gasteiger partial charge is 0.352 e. The van der Waals surface area contributed by atoms with E-state index in [9.17, 15) is 14.4 Å². The van der Waals surface area contributed by atoms with Gasteiger partial charge >= 0.3 is 6.03 Å². The summed E-state index contributed by atoms with van der Waals surface area (Å²) >= 11 is 0. The first-order chi connectivity index (χ1) is 11.3. The summed E-state index contributed by atoms with van der Waals surface area (Å²) in [5.41, 5.74) is -0.226. The van der Waals surface area contributed by atoms with Gasteiger partial charge < -0.3 is 10.6 Å². The molecule has 1 fully saturated rings. The summed E-state index contributed by atoms with van der Waals surface area (Å²) in [7, 11) is 0. The molecule has 1 heterocycles. The zero-order chi connectivity index (χ0) is 17.9. The van der Waals surface area contributed by atoms with E-state index in [1.165, 1.54) is 0 Å². The van der Waals surface area contributed by atoms with E-state index < -0.39 is 17.5 Å². The molecule has 0 saturated carbocycles. The number of carbonyl (C=O) groups excluding carboxylic acids is 3. The Hall–Kier alpha value is -2.88. The van der Waals surface area contributed by atoms with Gasteiger partial charge in [-0.05, 0) is 38.0 Å². The zero-order valence-corrected chi connectivity index (χ0v) is 13.9. The average molecular weight is 328 g/mol. The second kappa shape index (κ2) is 6.71. The van der Waals surface area contributed by atoms with Gasteiger partial charge in [-0.2, -0.15) is 5.26 Å². The van der Waals surface area contributed by atoms with Crippen LogP contribution in [0.4, 0.5) is 4.79 Å². The first-order valence-electron chi connectivity index (χ1n) is 7.76. The van der Waals surface area contributed by atoms with E-state index >= 15 is 0 Å². The van der Waals surface area contributed by atoms with Crippen molar-refractivity contribution in [2.24, 2.45) is 0 Å². The maximum absolute atomic E-state index is 12.7. The number of urea groups is 1. The highest BCUT2D eigenvalue weighted by Crippen LogP contribution is 2.28. The Balaban J connectivity index is 2.18. The number of amides is 4. The van der Waals surface area contributed by atoms with Crippen LogP contribution in [-0.4, -0.2) is 35.3 Å². The van der Waals surface area contributed by atoms with Crippen LogP contribution in [0.2, 0.25) is 0 Å². The third-order valence-electron chi connectivity index (χ3n) is 4.19. The van der Waals surface area contributed by atoms with Gasteiger partial charge in [0.25, 0.3) is 5.91 Å². The van der Waals surface area contributed by atoms with Crippen molar-refractivity contribution in [1.82, 2.24) is 15.5 Å². The van der Waals surface area contributed by atoms with Crippen molar-refractivity contribution in [1.29, 1.82) is 5.26 Å². The molecule has 0 spiro atoms. The standard InChI is InChI=1S/C17H20N4O3/c1-4-11(2)19-14(22)10-21-15(23)17(3,20-16(21)24)13-7-5-12(9-18)6-8-13/h5-8,11H,4,10H2,1-3H3,(H,19,22)(H,20,24). The molecule has 2 rings (SSSR count).